The molecule has 1 aromatic rings. The van der Waals surface area contributed by atoms with E-state index in [9.17, 15) is 0 Å². The fraction of sp³-hybridized carbons (Fsp3) is 0.714. The molecule has 1 heterocycles. The maximum Gasteiger partial charge on any atom is 0.0790 e. The van der Waals surface area contributed by atoms with Gasteiger partial charge in [0.05, 0.1) is 10.6 Å². The summed E-state index contributed by atoms with van der Waals surface area (Å²) in [5.41, 5.74) is 6.71. The molecule has 0 amide bonds. The lowest BCUT2D eigenvalue weighted by Gasteiger charge is -2.04. The molecule has 0 fully saturated rings. The molecule has 0 bridgehead atoms. The largest absolute Gasteiger partial charge is 0.330 e. The summed E-state index contributed by atoms with van der Waals surface area (Å²) in [5, 5.41) is 4.06. The predicted molar refractivity (Wildman–Crippen MR) is 44.6 cm³/mol. The van der Waals surface area contributed by atoms with Gasteiger partial charge in [0.1, 0.15) is 0 Å². The summed E-state index contributed by atoms with van der Waals surface area (Å²) in [7, 11) is 0. The second kappa shape index (κ2) is 2.87. The predicted octanol–water partition coefficient (Wildman–Crippen LogP) is 0.917. The highest BCUT2D eigenvalue weighted by Gasteiger charge is 2.25. The van der Waals surface area contributed by atoms with Gasteiger partial charge in [-0.1, -0.05) is 4.49 Å². The lowest BCUT2D eigenvalue weighted by molar-refractivity contribution is 0.632. The van der Waals surface area contributed by atoms with Gasteiger partial charge in [-0.05, 0) is 43.3 Å². The average Bonchev–Trinajstić information content (AvgIpc) is 2.53. The number of aromatic nitrogens is 2. The summed E-state index contributed by atoms with van der Waals surface area (Å²) in [5.74, 6) is 0.662. The minimum absolute atomic E-state index is 0.662. The molecule has 2 N–H and O–H groups in total. The van der Waals surface area contributed by atoms with Crippen LogP contribution in [-0.4, -0.2) is 16.1 Å². The molecule has 1 aromatic heterocycles. The molecule has 0 spiro atoms. The maximum atomic E-state index is 5.50. The normalized spacial score (nSPS) is 22.1. The van der Waals surface area contributed by atoms with E-state index in [1.165, 1.54) is 17.0 Å². The second-order valence-corrected chi connectivity index (χ2v) is 3.68. The van der Waals surface area contributed by atoms with Crippen molar-refractivity contribution in [1.82, 2.24) is 9.59 Å². The Hall–Kier alpha value is -0.480. The zero-order valence-corrected chi connectivity index (χ0v) is 7.10. The Morgan fingerprint density at radius 1 is 1.64 bits per heavy atom. The Kier molecular flexibility index (Phi) is 1.87. The van der Waals surface area contributed by atoms with Crippen molar-refractivity contribution < 1.29 is 0 Å². The molecule has 1 atom stereocenters. The van der Waals surface area contributed by atoms with Crippen LogP contribution >= 0.6 is 11.5 Å². The molecule has 3 nitrogen and oxygen atoms in total. The van der Waals surface area contributed by atoms with Gasteiger partial charge >= 0.3 is 0 Å². The first kappa shape index (κ1) is 7.18. The number of nitrogens with two attached hydrogens (primary N) is 1. The fourth-order valence-electron chi connectivity index (χ4n) is 1.62. The van der Waals surface area contributed by atoms with E-state index in [4.69, 9.17) is 5.73 Å². The van der Waals surface area contributed by atoms with Crippen LogP contribution < -0.4 is 5.73 Å². The first-order valence-corrected chi connectivity index (χ1v) is 4.70. The van der Waals surface area contributed by atoms with Crippen molar-refractivity contribution in [2.45, 2.75) is 25.2 Å². The highest BCUT2D eigenvalue weighted by atomic mass is 32.1. The van der Waals surface area contributed by atoms with Gasteiger partial charge in [0.2, 0.25) is 0 Å². The molecule has 1 aliphatic rings. The number of rotatable bonds is 2. The fourth-order valence-corrected chi connectivity index (χ4v) is 2.48. The minimum atomic E-state index is 0.662. The van der Waals surface area contributed by atoms with E-state index in [1.54, 1.807) is 11.5 Å². The third kappa shape index (κ3) is 1.16. The molecule has 0 aliphatic heterocycles. The Morgan fingerprint density at radius 3 is 3.36 bits per heavy atom. The van der Waals surface area contributed by atoms with Gasteiger partial charge in [-0.15, -0.1) is 5.10 Å². The third-order valence-corrected chi connectivity index (χ3v) is 3.13. The summed E-state index contributed by atoms with van der Waals surface area (Å²) in [6.45, 7) is 0.780. The maximum absolute atomic E-state index is 5.50. The molecule has 0 saturated heterocycles. The second-order valence-electron chi connectivity index (χ2n) is 2.90. The lowest BCUT2D eigenvalue weighted by Crippen LogP contribution is -2.03. The number of hydrogen-bond donors (Lipinski definition) is 1. The Bertz CT molecular complexity index is 246. The standard InChI is InChI=1S/C7H11N3S/c8-4-3-5-1-2-6-7(5)11-10-9-6/h5H,1-4,8H2. The highest BCUT2D eigenvalue weighted by molar-refractivity contribution is 7.05. The van der Waals surface area contributed by atoms with Crippen molar-refractivity contribution in [2.24, 2.45) is 5.73 Å². The summed E-state index contributed by atoms with van der Waals surface area (Å²) in [4.78, 5) is 1.38. The molecular weight excluding hydrogens is 158 g/mol. The van der Waals surface area contributed by atoms with Crippen molar-refractivity contribution in [3.05, 3.63) is 10.6 Å². The number of hydrogen-bond acceptors (Lipinski definition) is 4. The SMILES string of the molecule is NCCC1CCc2nnsc21. The Balaban J connectivity index is 2.18. The van der Waals surface area contributed by atoms with E-state index in [0.717, 1.165) is 19.4 Å². The number of aryl methyl sites for hydroxylation is 1. The summed E-state index contributed by atoms with van der Waals surface area (Å²) < 4.78 is 3.93. The van der Waals surface area contributed by atoms with Crippen molar-refractivity contribution >= 4 is 11.5 Å². The molecule has 0 aromatic carbocycles. The Labute approximate surface area is 69.8 Å². The molecule has 60 valence electrons. The van der Waals surface area contributed by atoms with Gasteiger partial charge in [-0.2, -0.15) is 0 Å². The van der Waals surface area contributed by atoms with E-state index in [-0.39, 0.29) is 0 Å². The smallest absolute Gasteiger partial charge is 0.0790 e. The molecule has 4 heteroatoms. The van der Waals surface area contributed by atoms with Crippen LogP contribution in [0.4, 0.5) is 0 Å². The van der Waals surface area contributed by atoms with Crippen LogP contribution in [0.25, 0.3) is 0 Å². The van der Waals surface area contributed by atoms with E-state index in [1.807, 2.05) is 0 Å². The molecule has 0 radical (unpaired) electrons. The molecule has 11 heavy (non-hydrogen) atoms. The van der Waals surface area contributed by atoms with Crippen LogP contribution in [0, 0.1) is 0 Å². The molecule has 2 rings (SSSR count). The molecule has 0 saturated carbocycles. The van der Waals surface area contributed by atoms with Gasteiger partial charge in [0.15, 0.2) is 0 Å². The van der Waals surface area contributed by atoms with Crippen molar-refractivity contribution in [3.8, 4) is 0 Å². The van der Waals surface area contributed by atoms with Crippen LogP contribution in [0.1, 0.15) is 29.3 Å². The van der Waals surface area contributed by atoms with Crippen LogP contribution in [-0.2, 0) is 6.42 Å². The first-order valence-electron chi connectivity index (χ1n) is 3.93. The van der Waals surface area contributed by atoms with E-state index in [2.05, 4.69) is 9.59 Å². The molecular formula is C7H11N3S. The third-order valence-electron chi connectivity index (χ3n) is 2.20. The topological polar surface area (TPSA) is 51.8 Å². The summed E-state index contributed by atoms with van der Waals surface area (Å²) in [6.07, 6.45) is 3.43. The van der Waals surface area contributed by atoms with Crippen molar-refractivity contribution in [2.75, 3.05) is 6.54 Å². The van der Waals surface area contributed by atoms with Gasteiger partial charge in [0.25, 0.3) is 0 Å². The molecule has 1 unspecified atom stereocenters. The zero-order valence-electron chi connectivity index (χ0n) is 6.29. The van der Waals surface area contributed by atoms with Gasteiger partial charge in [-0.25, -0.2) is 0 Å². The minimum Gasteiger partial charge on any atom is -0.330 e. The van der Waals surface area contributed by atoms with Gasteiger partial charge in [0, 0.05) is 0 Å². The summed E-state index contributed by atoms with van der Waals surface area (Å²) >= 11 is 1.54. The monoisotopic (exact) mass is 169 g/mol. The van der Waals surface area contributed by atoms with E-state index < -0.39 is 0 Å². The number of nitrogens with zero attached hydrogens (tertiary/aromatic N) is 2. The van der Waals surface area contributed by atoms with Crippen LogP contribution in [0.15, 0.2) is 0 Å². The Morgan fingerprint density at radius 2 is 2.55 bits per heavy atom. The van der Waals surface area contributed by atoms with Crippen LogP contribution in [0.5, 0.6) is 0 Å². The van der Waals surface area contributed by atoms with Gasteiger partial charge < -0.3 is 5.73 Å². The van der Waals surface area contributed by atoms with Crippen molar-refractivity contribution in [3.63, 3.8) is 0 Å². The lowest BCUT2D eigenvalue weighted by atomic mass is 10.1. The zero-order chi connectivity index (χ0) is 7.68. The summed E-state index contributed by atoms with van der Waals surface area (Å²) in [6, 6.07) is 0. The van der Waals surface area contributed by atoms with E-state index >= 15 is 0 Å². The van der Waals surface area contributed by atoms with E-state index in [0.29, 0.717) is 5.92 Å². The molecule has 1 aliphatic carbocycles. The van der Waals surface area contributed by atoms with Gasteiger partial charge in [-0.3, -0.25) is 0 Å². The number of fused-ring (bicyclic) bond motifs is 1. The first-order chi connectivity index (χ1) is 5.42. The van der Waals surface area contributed by atoms with Crippen LogP contribution in [0.3, 0.4) is 0 Å². The van der Waals surface area contributed by atoms with Crippen molar-refractivity contribution in [1.29, 1.82) is 0 Å². The quantitative estimate of drug-likeness (QED) is 0.716. The van der Waals surface area contributed by atoms with Crippen LogP contribution in [0.2, 0.25) is 0 Å². The highest BCUT2D eigenvalue weighted by Crippen LogP contribution is 2.35. The average molecular weight is 169 g/mol.